The maximum atomic E-state index is 12.9. The number of phenolic OH excluding ortho intramolecular Hbond substituents is 1. The molecule has 0 aromatic heterocycles. The van der Waals surface area contributed by atoms with E-state index in [1.807, 2.05) is 18.2 Å². The summed E-state index contributed by atoms with van der Waals surface area (Å²) < 4.78 is 5.97. The number of nitrogens with one attached hydrogen (secondary N) is 1. The van der Waals surface area contributed by atoms with Gasteiger partial charge in [0.1, 0.15) is 5.75 Å². The molecule has 0 spiro atoms. The van der Waals surface area contributed by atoms with Crippen LogP contribution in [0.5, 0.6) is 5.75 Å². The number of aromatic hydroxyl groups is 1. The van der Waals surface area contributed by atoms with Crippen LogP contribution in [-0.2, 0) is 21.4 Å². The van der Waals surface area contributed by atoms with Gasteiger partial charge in [-0.1, -0.05) is 41.4 Å². The van der Waals surface area contributed by atoms with E-state index in [1.165, 1.54) is 0 Å². The molecule has 32 heavy (non-hydrogen) atoms. The van der Waals surface area contributed by atoms with Crippen LogP contribution in [-0.4, -0.2) is 55.3 Å². The smallest absolute Gasteiger partial charge is 0.224 e. The molecule has 2 N–H and O–H groups in total. The largest absolute Gasteiger partial charge is 0.508 e. The first-order valence-electron chi connectivity index (χ1n) is 11.0. The van der Waals surface area contributed by atoms with E-state index in [2.05, 4.69) is 23.3 Å². The standard InChI is InChI=1S/C25H30Cl2N2O3/c1-29-9-8-25(17-4-3-5-19(30)12-17)14-18(13-23(32-2)20(25)15-29)28-24(31)11-16-6-7-21(26)22(27)10-16/h3-7,10,12,18,20,23,30H,8-9,11,13-15H2,1-2H3,(H,28,31). The van der Waals surface area contributed by atoms with Crippen LogP contribution in [0, 0.1) is 5.92 Å². The Kier molecular flexibility index (Phi) is 7.01. The van der Waals surface area contributed by atoms with Gasteiger partial charge in [0.15, 0.2) is 0 Å². The molecule has 1 aliphatic carbocycles. The highest BCUT2D eigenvalue weighted by Crippen LogP contribution is 2.50. The highest BCUT2D eigenvalue weighted by molar-refractivity contribution is 6.42. The van der Waals surface area contributed by atoms with Gasteiger partial charge in [-0.2, -0.15) is 0 Å². The summed E-state index contributed by atoms with van der Waals surface area (Å²) in [4.78, 5) is 15.3. The van der Waals surface area contributed by atoms with Crippen LogP contribution in [0.3, 0.4) is 0 Å². The van der Waals surface area contributed by atoms with Crippen LogP contribution in [0.1, 0.15) is 30.4 Å². The Morgan fingerprint density at radius 3 is 2.78 bits per heavy atom. The molecular weight excluding hydrogens is 447 g/mol. The minimum Gasteiger partial charge on any atom is -0.508 e. The van der Waals surface area contributed by atoms with Gasteiger partial charge in [-0.05, 0) is 68.2 Å². The van der Waals surface area contributed by atoms with E-state index in [9.17, 15) is 9.90 Å². The first-order valence-corrected chi connectivity index (χ1v) is 11.8. The van der Waals surface area contributed by atoms with Gasteiger partial charge in [0.25, 0.3) is 0 Å². The van der Waals surface area contributed by atoms with Crippen LogP contribution >= 0.6 is 23.2 Å². The molecule has 4 rings (SSSR count). The number of phenols is 1. The van der Waals surface area contributed by atoms with Gasteiger partial charge < -0.3 is 20.1 Å². The summed E-state index contributed by atoms with van der Waals surface area (Å²) in [6.07, 6.45) is 2.81. The number of hydrogen-bond donors (Lipinski definition) is 2. The Morgan fingerprint density at radius 1 is 1.25 bits per heavy atom. The highest BCUT2D eigenvalue weighted by atomic mass is 35.5. The van der Waals surface area contributed by atoms with Crippen molar-refractivity contribution in [1.82, 2.24) is 10.2 Å². The van der Waals surface area contributed by atoms with Crippen molar-refractivity contribution >= 4 is 29.1 Å². The van der Waals surface area contributed by atoms with E-state index < -0.39 is 0 Å². The van der Waals surface area contributed by atoms with Crippen LogP contribution in [0.2, 0.25) is 10.0 Å². The van der Waals surface area contributed by atoms with E-state index >= 15 is 0 Å². The molecule has 0 bridgehead atoms. The number of ether oxygens (including phenoxy) is 1. The molecule has 4 unspecified atom stereocenters. The van der Waals surface area contributed by atoms with Crippen LogP contribution < -0.4 is 5.32 Å². The lowest BCUT2D eigenvalue weighted by Gasteiger charge is -2.55. The van der Waals surface area contributed by atoms with Gasteiger partial charge in [0.2, 0.25) is 5.91 Å². The Labute approximate surface area is 199 Å². The maximum absolute atomic E-state index is 12.9. The summed E-state index contributed by atoms with van der Waals surface area (Å²) in [6, 6.07) is 12.9. The summed E-state index contributed by atoms with van der Waals surface area (Å²) in [5.41, 5.74) is 1.79. The van der Waals surface area contributed by atoms with Gasteiger partial charge in [0, 0.05) is 31.0 Å². The van der Waals surface area contributed by atoms with Gasteiger partial charge in [0.05, 0.1) is 22.6 Å². The first-order chi connectivity index (χ1) is 15.3. The third-order valence-corrected chi connectivity index (χ3v) is 7.91. The van der Waals surface area contributed by atoms with E-state index in [0.717, 1.165) is 43.5 Å². The molecular formula is C25H30Cl2N2O3. The minimum atomic E-state index is -0.161. The molecule has 4 atom stereocenters. The number of carbonyl (C=O) groups excluding carboxylic acids is 1. The Balaban J connectivity index is 1.57. The normalized spacial score (nSPS) is 28.2. The minimum absolute atomic E-state index is 0.0165. The number of halogens is 2. The lowest BCUT2D eigenvalue weighted by molar-refractivity contribution is -0.123. The quantitative estimate of drug-likeness (QED) is 0.669. The predicted molar refractivity (Wildman–Crippen MR) is 128 cm³/mol. The lowest BCUT2D eigenvalue weighted by Crippen LogP contribution is -2.60. The molecule has 1 saturated heterocycles. The summed E-state index contributed by atoms with van der Waals surface area (Å²) in [5.74, 6) is 0.520. The zero-order valence-corrected chi connectivity index (χ0v) is 20.0. The zero-order valence-electron chi connectivity index (χ0n) is 18.5. The van der Waals surface area contributed by atoms with Gasteiger partial charge in [-0.25, -0.2) is 0 Å². The number of nitrogens with zero attached hydrogens (tertiary/aromatic N) is 1. The van der Waals surface area contributed by atoms with Crippen molar-refractivity contribution in [3.63, 3.8) is 0 Å². The average molecular weight is 477 g/mol. The van der Waals surface area contributed by atoms with Crippen molar-refractivity contribution in [2.45, 2.75) is 43.2 Å². The molecule has 7 heteroatoms. The summed E-state index contributed by atoms with van der Waals surface area (Å²) >= 11 is 12.1. The van der Waals surface area contributed by atoms with Crippen LogP contribution in [0.4, 0.5) is 0 Å². The van der Waals surface area contributed by atoms with Crippen molar-refractivity contribution in [3.05, 3.63) is 63.6 Å². The molecule has 0 radical (unpaired) electrons. The van der Waals surface area contributed by atoms with Crippen molar-refractivity contribution < 1.29 is 14.6 Å². The summed E-state index contributed by atoms with van der Waals surface area (Å²) in [5, 5.41) is 14.4. The van der Waals surface area contributed by atoms with Gasteiger partial charge in [-0.3, -0.25) is 4.79 Å². The Morgan fingerprint density at radius 2 is 2.06 bits per heavy atom. The topological polar surface area (TPSA) is 61.8 Å². The number of likely N-dealkylation sites (tertiary alicyclic amines) is 1. The second kappa shape index (κ2) is 9.60. The monoisotopic (exact) mass is 476 g/mol. The number of methoxy groups -OCH3 is 1. The molecule has 1 heterocycles. The predicted octanol–water partition coefficient (Wildman–Crippen LogP) is 4.42. The molecule has 2 fully saturated rings. The van der Waals surface area contributed by atoms with Crippen molar-refractivity contribution in [2.24, 2.45) is 5.92 Å². The fourth-order valence-electron chi connectivity index (χ4n) is 5.65. The number of hydrogen-bond acceptors (Lipinski definition) is 4. The second-order valence-electron chi connectivity index (χ2n) is 9.23. The number of rotatable bonds is 5. The second-order valence-corrected chi connectivity index (χ2v) is 10.0. The van der Waals surface area contributed by atoms with Crippen molar-refractivity contribution in [1.29, 1.82) is 0 Å². The molecule has 1 amide bonds. The fourth-order valence-corrected chi connectivity index (χ4v) is 5.97. The van der Waals surface area contributed by atoms with Gasteiger partial charge >= 0.3 is 0 Å². The van der Waals surface area contributed by atoms with Gasteiger partial charge in [-0.15, -0.1) is 0 Å². The van der Waals surface area contributed by atoms with E-state index in [-0.39, 0.29) is 41.6 Å². The zero-order chi connectivity index (χ0) is 22.9. The number of benzene rings is 2. The first kappa shape index (κ1) is 23.4. The van der Waals surface area contributed by atoms with Crippen LogP contribution in [0.25, 0.3) is 0 Å². The molecule has 2 aromatic carbocycles. The number of amides is 1. The summed E-state index contributed by atoms with van der Waals surface area (Å²) in [6.45, 7) is 1.89. The Bertz CT molecular complexity index is 985. The van der Waals surface area contributed by atoms with Crippen LogP contribution in [0.15, 0.2) is 42.5 Å². The van der Waals surface area contributed by atoms with Crippen molar-refractivity contribution in [3.8, 4) is 5.75 Å². The molecule has 2 aliphatic rings. The molecule has 172 valence electrons. The van der Waals surface area contributed by atoms with Crippen molar-refractivity contribution in [2.75, 3.05) is 27.2 Å². The van der Waals surface area contributed by atoms with E-state index in [0.29, 0.717) is 10.0 Å². The molecule has 2 aromatic rings. The third-order valence-electron chi connectivity index (χ3n) is 7.17. The maximum Gasteiger partial charge on any atom is 0.224 e. The highest BCUT2D eigenvalue weighted by Gasteiger charge is 2.52. The number of fused-ring (bicyclic) bond motifs is 1. The van der Waals surface area contributed by atoms with E-state index in [4.69, 9.17) is 27.9 Å². The average Bonchev–Trinajstić information content (AvgIpc) is 2.76. The number of carbonyl (C=O) groups is 1. The Hall–Kier alpha value is -1.79. The lowest BCUT2D eigenvalue weighted by atomic mass is 9.57. The van der Waals surface area contributed by atoms with E-state index in [1.54, 1.807) is 25.3 Å². The third kappa shape index (κ3) is 4.76. The SMILES string of the molecule is COC1CC(NC(=O)Cc2ccc(Cl)c(Cl)c2)CC2(c3cccc(O)c3)CCN(C)CC12. The number of piperidine rings is 1. The molecule has 5 nitrogen and oxygen atoms in total. The molecule has 1 saturated carbocycles. The fraction of sp³-hybridized carbons (Fsp3) is 0.480. The summed E-state index contributed by atoms with van der Waals surface area (Å²) in [7, 11) is 3.90. The molecule has 1 aliphatic heterocycles.